The number of rotatable bonds is 4. The van der Waals surface area contributed by atoms with Gasteiger partial charge in [0.05, 0.1) is 27.8 Å². The van der Waals surface area contributed by atoms with E-state index in [1.807, 2.05) is 0 Å². The van der Waals surface area contributed by atoms with Crippen LogP contribution in [0.5, 0.6) is 0 Å². The van der Waals surface area contributed by atoms with Crippen molar-refractivity contribution in [2.45, 2.75) is 6.42 Å². The van der Waals surface area contributed by atoms with Crippen molar-refractivity contribution in [1.29, 1.82) is 0 Å². The number of halogens is 1. The first-order chi connectivity index (χ1) is 9.28. The molecule has 110 valence electrons. The maximum absolute atomic E-state index is 11.4. The van der Waals surface area contributed by atoms with Crippen LogP contribution in [0.4, 0.5) is 11.4 Å². The number of hydrogen-bond donors (Lipinski definition) is 3. The molecule has 0 saturated carbocycles. The predicted octanol–water partition coefficient (Wildman–Crippen LogP) is 0.868. The minimum absolute atomic E-state index is 0.00865. The number of amides is 1. The summed E-state index contributed by atoms with van der Waals surface area (Å²) in [5.41, 5.74) is 11.9. The average molecular weight is 318 g/mol. The summed E-state index contributed by atoms with van der Waals surface area (Å²) < 4.78 is 22.8. The van der Waals surface area contributed by atoms with E-state index in [1.54, 1.807) is 0 Å². The molecular weight excluding hydrogens is 302 g/mol. The van der Waals surface area contributed by atoms with Crippen molar-refractivity contribution in [1.82, 2.24) is 0 Å². The lowest BCUT2D eigenvalue weighted by atomic mass is 10.1. The first kappa shape index (κ1) is 14.9. The zero-order valence-corrected chi connectivity index (χ0v) is 12.3. The Balaban J connectivity index is 2.15. The normalized spacial score (nSPS) is 20.8. The van der Waals surface area contributed by atoms with Gasteiger partial charge in [-0.15, -0.1) is 0 Å². The van der Waals surface area contributed by atoms with Gasteiger partial charge in [0.15, 0.2) is 9.84 Å². The Morgan fingerprint density at radius 1 is 1.45 bits per heavy atom. The van der Waals surface area contributed by atoms with Gasteiger partial charge in [0, 0.05) is 12.2 Å². The molecule has 5 N–H and O–H groups in total. The van der Waals surface area contributed by atoms with E-state index >= 15 is 0 Å². The summed E-state index contributed by atoms with van der Waals surface area (Å²) in [6.07, 6.45) is 0.605. The molecule has 20 heavy (non-hydrogen) atoms. The third-order valence-electron chi connectivity index (χ3n) is 3.27. The Morgan fingerprint density at radius 2 is 2.15 bits per heavy atom. The average Bonchev–Trinajstić information content (AvgIpc) is 2.66. The van der Waals surface area contributed by atoms with Crippen molar-refractivity contribution in [3.05, 3.63) is 22.7 Å². The number of primary amides is 1. The number of nitrogens with one attached hydrogen (secondary N) is 1. The molecule has 1 heterocycles. The van der Waals surface area contributed by atoms with Crippen LogP contribution < -0.4 is 16.8 Å². The Bertz CT molecular complexity index is 646. The Labute approximate surface area is 122 Å². The van der Waals surface area contributed by atoms with Crippen molar-refractivity contribution >= 4 is 38.7 Å². The molecule has 0 spiro atoms. The van der Waals surface area contributed by atoms with E-state index in [4.69, 9.17) is 23.1 Å². The number of nitrogen functional groups attached to an aromatic ring is 1. The molecule has 2 rings (SSSR count). The van der Waals surface area contributed by atoms with Crippen LogP contribution in [0.3, 0.4) is 0 Å². The molecule has 0 aromatic heterocycles. The fraction of sp³-hybridized carbons (Fsp3) is 0.417. The fourth-order valence-electron chi connectivity index (χ4n) is 2.28. The first-order valence-electron chi connectivity index (χ1n) is 6.11. The summed E-state index contributed by atoms with van der Waals surface area (Å²) >= 11 is 6.05. The van der Waals surface area contributed by atoms with Gasteiger partial charge in [0.2, 0.25) is 0 Å². The van der Waals surface area contributed by atoms with Crippen LogP contribution in [0.25, 0.3) is 0 Å². The van der Waals surface area contributed by atoms with Crippen LogP contribution in [-0.2, 0) is 9.84 Å². The van der Waals surface area contributed by atoms with Gasteiger partial charge in [0.1, 0.15) is 0 Å². The minimum atomic E-state index is -2.93. The Kier molecular flexibility index (Phi) is 4.10. The van der Waals surface area contributed by atoms with Crippen molar-refractivity contribution in [3.63, 3.8) is 0 Å². The number of carbonyl (C=O) groups excluding carboxylic acids is 1. The summed E-state index contributed by atoms with van der Waals surface area (Å²) in [5.74, 6) is -0.272. The van der Waals surface area contributed by atoms with Gasteiger partial charge in [-0.1, -0.05) is 11.6 Å². The Morgan fingerprint density at radius 3 is 2.70 bits per heavy atom. The van der Waals surface area contributed by atoms with E-state index in [9.17, 15) is 13.2 Å². The van der Waals surface area contributed by atoms with Crippen LogP contribution in [0.2, 0.25) is 5.02 Å². The van der Waals surface area contributed by atoms with E-state index in [2.05, 4.69) is 5.32 Å². The van der Waals surface area contributed by atoms with Gasteiger partial charge < -0.3 is 16.8 Å². The third-order valence-corrected chi connectivity index (χ3v) is 5.41. The van der Waals surface area contributed by atoms with E-state index < -0.39 is 15.7 Å². The smallest absolute Gasteiger partial charge is 0.250 e. The fourth-order valence-corrected chi connectivity index (χ4v) is 4.44. The second kappa shape index (κ2) is 5.49. The summed E-state index contributed by atoms with van der Waals surface area (Å²) in [6, 6.07) is 2.96. The maximum atomic E-state index is 11.4. The number of hydrogen-bond acceptors (Lipinski definition) is 5. The molecule has 1 aromatic rings. The summed E-state index contributed by atoms with van der Waals surface area (Å²) in [4.78, 5) is 11.4. The molecule has 8 heteroatoms. The standard InChI is InChI=1S/C12H16ClN3O3S/c13-10-4-8(14)3-9(12(15)17)11(10)16-5-7-1-2-20(18,19)6-7/h3-4,7,16H,1-2,5-6,14H2,(H2,15,17). The van der Waals surface area contributed by atoms with Crippen LogP contribution in [0, 0.1) is 5.92 Å². The zero-order chi connectivity index (χ0) is 14.9. The molecule has 1 saturated heterocycles. The van der Waals surface area contributed by atoms with Gasteiger partial charge >= 0.3 is 0 Å². The van der Waals surface area contributed by atoms with Gasteiger partial charge in [0.25, 0.3) is 5.91 Å². The van der Waals surface area contributed by atoms with E-state index in [-0.39, 0.29) is 23.0 Å². The lowest BCUT2D eigenvalue weighted by Crippen LogP contribution is -2.20. The second-order valence-corrected chi connectivity index (χ2v) is 7.58. The highest BCUT2D eigenvalue weighted by Crippen LogP contribution is 2.30. The van der Waals surface area contributed by atoms with Gasteiger partial charge in [-0.3, -0.25) is 4.79 Å². The highest BCUT2D eigenvalue weighted by Gasteiger charge is 2.28. The second-order valence-electron chi connectivity index (χ2n) is 4.94. The molecule has 0 radical (unpaired) electrons. The summed E-state index contributed by atoms with van der Waals surface area (Å²) in [6.45, 7) is 0.420. The highest BCUT2D eigenvalue weighted by atomic mass is 35.5. The summed E-state index contributed by atoms with van der Waals surface area (Å²) in [5, 5.41) is 3.31. The molecule has 1 amide bonds. The summed E-state index contributed by atoms with van der Waals surface area (Å²) in [7, 11) is -2.93. The van der Waals surface area contributed by atoms with E-state index in [0.29, 0.717) is 29.4 Å². The van der Waals surface area contributed by atoms with Crippen LogP contribution in [0.15, 0.2) is 12.1 Å². The zero-order valence-electron chi connectivity index (χ0n) is 10.7. The van der Waals surface area contributed by atoms with E-state index in [0.717, 1.165) is 0 Å². The number of nitrogens with two attached hydrogens (primary N) is 2. The molecule has 0 aliphatic carbocycles. The lowest BCUT2D eigenvalue weighted by Gasteiger charge is -2.15. The van der Waals surface area contributed by atoms with E-state index in [1.165, 1.54) is 12.1 Å². The quantitative estimate of drug-likeness (QED) is 0.713. The van der Waals surface area contributed by atoms with Crippen molar-refractivity contribution in [2.75, 3.05) is 29.1 Å². The van der Waals surface area contributed by atoms with Crippen LogP contribution in [-0.4, -0.2) is 32.4 Å². The molecule has 1 atom stereocenters. The van der Waals surface area contributed by atoms with Crippen LogP contribution in [0.1, 0.15) is 16.8 Å². The highest BCUT2D eigenvalue weighted by molar-refractivity contribution is 7.91. The monoisotopic (exact) mass is 317 g/mol. The van der Waals surface area contributed by atoms with Gasteiger partial charge in [-0.05, 0) is 24.5 Å². The molecule has 1 aromatic carbocycles. The molecule has 6 nitrogen and oxygen atoms in total. The van der Waals surface area contributed by atoms with Crippen molar-refractivity contribution < 1.29 is 13.2 Å². The number of carbonyl (C=O) groups is 1. The van der Waals surface area contributed by atoms with Crippen LogP contribution >= 0.6 is 11.6 Å². The topological polar surface area (TPSA) is 115 Å². The SMILES string of the molecule is NC(=O)c1cc(N)cc(Cl)c1NCC1CCS(=O)(=O)C1. The number of sulfone groups is 1. The maximum Gasteiger partial charge on any atom is 0.250 e. The van der Waals surface area contributed by atoms with Gasteiger partial charge in [-0.25, -0.2) is 8.42 Å². The molecular formula is C12H16ClN3O3S. The molecule has 0 bridgehead atoms. The minimum Gasteiger partial charge on any atom is -0.399 e. The lowest BCUT2D eigenvalue weighted by molar-refractivity contribution is 0.100. The molecule has 1 aliphatic rings. The van der Waals surface area contributed by atoms with Crippen molar-refractivity contribution in [3.8, 4) is 0 Å². The third kappa shape index (κ3) is 3.34. The Hall–Kier alpha value is -1.47. The van der Waals surface area contributed by atoms with Gasteiger partial charge in [-0.2, -0.15) is 0 Å². The molecule has 1 fully saturated rings. The molecule has 1 unspecified atom stereocenters. The first-order valence-corrected chi connectivity index (χ1v) is 8.31. The largest absolute Gasteiger partial charge is 0.399 e. The number of anilines is 2. The predicted molar refractivity (Wildman–Crippen MR) is 79.6 cm³/mol. The molecule has 1 aliphatic heterocycles. The van der Waals surface area contributed by atoms with Crippen molar-refractivity contribution in [2.24, 2.45) is 11.7 Å². The number of benzene rings is 1.